The Labute approximate surface area is 128 Å². The molecule has 0 aliphatic carbocycles. The second-order valence-electron chi connectivity index (χ2n) is 4.52. The maximum atomic E-state index is 8.65. The fourth-order valence-corrected chi connectivity index (χ4v) is 2.04. The lowest BCUT2D eigenvalue weighted by Gasteiger charge is -1.97. The number of pyridine rings is 2. The molecule has 0 amide bonds. The molecule has 0 atom stereocenters. The van der Waals surface area contributed by atoms with E-state index in [-0.39, 0.29) is 0 Å². The molecular weight excluding hydrogens is 280 g/mol. The van der Waals surface area contributed by atoms with E-state index in [1.54, 1.807) is 0 Å². The largest absolute Gasteiger partial charge is 0.411 e. The Hall–Kier alpha value is -3.02. The minimum absolute atomic E-state index is 0.666. The maximum Gasteiger partial charge on any atom is 0.227 e. The zero-order chi connectivity index (χ0) is 15.6. The van der Waals surface area contributed by atoms with Crippen LogP contribution in [0.15, 0.2) is 71.3 Å². The molecule has 0 aromatic carbocycles. The summed E-state index contributed by atoms with van der Waals surface area (Å²) in [5, 5.41) is 23.4. The number of nitrogens with zero attached hydrogens (tertiary/aromatic N) is 4. The molecule has 2 aromatic rings. The fraction of sp³-hybridized carbons (Fsp3) is 0.125. The zero-order valence-corrected chi connectivity index (χ0v) is 12.0. The van der Waals surface area contributed by atoms with Gasteiger partial charge in [-0.1, -0.05) is 10.3 Å². The van der Waals surface area contributed by atoms with Gasteiger partial charge in [-0.15, -0.1) is 0 Å². The van der Waals surface area contributed by atoms with Gasteiger partial charge >= 0.3 is 0 Å². The van der Waals surface area contributed by atoms with Crippen molar-refractivity contribution in [2.75, 3.05) is 0 Å². The quantitative estimate of drug-likeness (QED) is 0.276. The van der Waals surface area contributed by atoms with Crippen molar-refractivity contribution in [3.63, 3.8) is 0 Å². The second kappa shape index (κ2) is 8.31. The smallest absolute Gasteiger partial charge is 0.227 e. The fourth-order valence-electron chi connectivity index (χ4n) is 2.04. The molecule has 2 N–H and O–H groups in total. The van der Waals surface area contributed by atoms with E-state index in [4.69, 9.17) is 10.4 Å². The van der Waals surface area contributed by atoms with Gasteiger partial charge in [-0.3, -0.25) is 0 Å². The van der Waals surface area contributed by atoms with Gasteiger partial charge in [0.05, 0.1) is 0 Å². The summed E-state index contributed by atoms with van der Waals surface area (Å²) < 4.78 is 3.92. The molecule has 0 bridgehead atoms. The summed E-state index contributed by atoms with van der Waals surface area (Å²) in [6.45, 7) is 1.33. The first-order valence-corrected chi connectivity index (χ1v) is 6.82. The minimum atomic E-state index is 0.666. The van der Waals surface area contributed by atoms with E-state index in [0.717, 1.165) is 11.4 Å². The Morgan fingerprint density at radius 2 is 1.23 bits per heavy atom. The van der Waals surface area contributed by atoms with Gasteiger partial charge < -0.3 is 10.4 Å². The van der Waals surface area contributed by atoms with Gasteiger partial charge in [-0.2, -0.15) is 9.13 Å². The molecule has 6 nitrogen and oxygen atoms in total. The van der Waals surface area contributed by atoms with Gasteiger partial charge in [0.15, 0.2) is 25.5 Å². The lowest BCUT2D eigenvalue weighted by atomic mass is 10.3. The normalized spacial score (nSPS) is 11.8. The van der Waals surface area contributed by atoms with Crippen LogP contribution < -0.4 is 9.13 Å². The molecule has 22 heavy (non-hydrogen) atoms. The Kier molecular flexibility index (Phi) is 5.80. The van der Waals surface area contributed by atoms with Crippen molar-refractivity contribution in [2.24, 2.45) is 10.3 Å². The molecule has 2 aromatic heterocycles. The average molecular weight is 298 g/mol. The summed E-state index contributed by atoms with van der Waals surface area (Å²) in [5.41, 5.74) is 1.63. The molecule has 0 fully saturated rings. The average Bonchev–Trinajstić information content (AvgIpc) is 2.55. The van der Waals surface area contributed by atoms with Crippen LogP contribution in [0.3, 0.4) is 0 Å². The summed E-state index contributed by atoms with van der Waals surface area (Å²) in [6.07, 6.45) is 10.7. The first-order chi connectivity index (χ1) is 10.8. The topological polar surface area (TPSA) is 72.9 Å². The van der Waals surface area contributed by atoms with Crippen molar-refractivity contribution in [1.82, 2.24) is 0 Å². The third-order valence-electron chi connectivity index (χ3n) is 3.10. The van der Waals surface area contributed by atoms with Gasteiger partial charge in [0.1, 0.15) is 12.4 Å². The number of oxime groups is 2. The first-order valence-electron chi connectivity index (χ1n) is 6.82. The highest BCUT2D eigenvalue weighted by molar-refractivity contribution is 5.74. The number of rotatable bonds is 6. The van der Waals surface area contributed by atoms with Crippen molar-refractivity contribution < 1.29 is 19.5 Å². The van der Waals surface area contributed by atoms with Crippen molar-refractivity contribution in [2.45, 2.75) is 13.1 Å². The lowest BCUT2D eigenvalue weighted by Crippen LogP contribution is -2.38. The summed E-state index contributed by atoms with van der Waals surface area (Å²) in [5.74, 6) is 0. The molecule has 0 saturated carbocycles. The Morgan fingerprint density at radius 1 is 0.773 bits per heavy atom. The molecule has 112 valence electrons. The molecule has 0 saturated heterocycles. The molecule has 2 heterocycles. The van der Waals surface area contributed by atoms with Gasteiger partial charge in [0.25, 0.3) is 0 Å². The number of hydrogen-bond acceptors (Lipinski definition) is 4. The predicted molar refractivity (Wildman–Crippen MR) is 81.2 cm³/mol. The van der Waals surface area contributed by atoms with Crippen LogP contribution in [0.2, 0.25) is 0 Å². The van der Waals surface area contributed by atoms with Crippen LogP contribution in [0.5, 0.6) is 0 Å². The molecule has 0 aliphatic rings. The maximum absolute atomic E-state index is 8.65. The number of hydrogen-bond donors (Lipinski definition) is 2. The van der Waals surface area contributed by atoms with Crippen LogP contribution in [0.4, 0.5) is 0 Å². The third-order valence-corrected chi connectivity index (χ3v) is 3.10. The molecule has 2 rings (SSSR count). The van der Waals surface area contributed by atoms with Gasteiger partial charge in [0.2, 0.25) is 11.4 Å². The Bertz CT molecular complexity index is 637. The minimum Gasteiger partial charge on any atom is -0.411 e. The molecule has 6 heteroatoms. The number of allylic oxidation sites excluding steroid dienone is 2. The first kappa shape index (κ1) is 15.4. The molecule has 0 aliphatic heterocycles. The van der Waals surface area contributed by atoms with E-state index in [1.165, 1.54) is 12.4 Å². The van der Waals surface area contributed by atoms with Crippen LogP contribution in [0.1, 0.15) is 11.4 Å². The monoisotopic (exact) mass is 298 g/mol. The van der Waals surface area contributed by atoms with Crippen LogP contribution in [-0.4, -0.2) is 22.8 Å². The molecule has 0 spiro atoms. The Balaban J connectivity index is 2.03. The summed E-state index contributed by atoms with van der Waals surface area (Å²) >= 11 is 0. The highest BCUT2D eigenvalue weighted by atomic mass is 16.4. The van der Waals surface area contributed by atoms with Gasteiger partial charge in [-0.05, 0) is 24.3 Å². The van der Waals surface area contributed by atoms with E-state index in [1.807, 2.05) is 70.1 Å². The Morgan fingerprint density at radius 3 is 1.64 bits per heavy atom. The lowest BCUT2D eigenvalue weighted by molar-refractivity contribution is -0.691. The van der Waals surface area contributed by atoms with E-state index < -0.39 is 0 Å². The van der Waals surface area contributed by atoms with E-state index >= 15 is 0 Å². The third kappa shape index (κ3) is 4.24. The summed E-state index contributed by atoms with van der Waals surface area (Å²) in [7, 11) is 0. The summed E-state index contributed by atoms with van der Waals surface area (Å²) in [6, 6.07) is 11.4. The van der Waals surface area contributed by atoms with Crippen molar-refractivity contribution in [3.8, 4) is 0 Å². The molecule has 0 unspecified atom stereocenters. The van der Waals surface area contributed by atoms with Crippen LogP contribution in [0.25, 0.3) is 0 Å². The van der Waals surface area contributed by atoms with Crippen molar-refractivity contribution in [1.29, 1.82) is 0 Å². The van der Waals surface area contributed by atoms with E-state index in [9.17, 15) is 0 Å². The van der Waals surface area contributed by atoms with Crippen LogP contribution in [-0.2, 0) is 13.1 Å². The van der Waals surface area contributed by atoms with Crippen LogP contribution >= 0.6 is 0 Å². The molecular formula is C16H18N4O2+2. The zero-order valence-electron chi connectivity index (χ0n) is 12.0. The second-order valence-corrected chi connectivity index (χ2v) is 4.52. The van der Waals surface area contributed by atoms with Crippen molar-refractivity contribution in [3.05, 3.63) is 72.3 Å². The standard InChI is InChI=1S/C16H16N4O2/c21-17-13-15-7-1-3-9-19(15)11-5-6-12-20-10-4-2-8-16(20)14-18-22/h1-10,13-14H,11-12H2/p+2/b6-5-. The van der Waals surface area contributed by atoms with E-state index in [0.29, 0.717) is 13.1 Å². The SMILES string of the molecule is O/N=C/c1cccc[n+]1C/C=C\C[n+]1ccccc1/C=N/O. The molecule has 0 radical (unpaired) electrons. The predicted octanol–water partition coefficient (Wildman–Crippen LogP) is 1.13. The van der Waals surface area contributed by atoms with Gasteiger partial charge in [0, 0.05) is 24.3 Å². The van der Waals surface area contributed by atoms with E-state index in [2.05, 4.69) is 10.3 Å². The van der Waals surface area contributed by atoms with Crippen LogP contribution in [0, 0.1) is 0 Å². The highest BCUT2D eigenvalue weighted by Gasteiger charge is 2.06. The number of aromatic nitrogens is 2. The highest BCUT2D eigenvalue weighted by Crippen LogP contribution is 1.90. The summed E-state index contributed by atoms with van der Waals surface area (Å²) in [4.78, 5) is 0. The van der Waals surface area contributed by atoms with Crippen molar-refractivity contribution >= 4 is 12.4 Å². The van der Waals surface area contributed by atoms with Gasteiger partial charge in [-0.25, -0.2) is 0 Å².